The van der Waals surface area contributed by atoms with E-state index in [4.69, 9.17) is 21.4 Å². The second-order valence-electron chi connectivity index (χ2n) is 5.87. The monoisotopic (exact) mass is 472 g/mol. The number of aromatic nitrogens is 3. The number of aliphatic hydroxyl groups excluding tert-OH is 1. The summed E-state index contributed by atoms with van der Waals surface area (Å²) < 4.78 is 33.0. The fraction of sp³-hybridized carbons (Fsp3) is 0.278. The second-order valence-corrected chi connectivity index (χ2v) is 7.12. The number of anilines is 1. The van der Waals surface area contributed by atoms with Crippen LogP contribution in [-0.4, -0.2) is 33.3 Å². The molecule has 148 valence electrons. The summed E-state index contributed by atoms with van der Waals surface area (Å²) in [5.74, 6) is 0.446. The van der Waals surface area contributed by atoms with Crippen LogP contribution in [0.5, 0.6) is 5.75 Å². The number of nitrogens with zero attached hydrogens (tertiary/aromatic N) is 3. The number of nitrogens with one attached hydrogen (secondary N) is 1. The molecule has 0 amide bonds. The van der Waals surface area contributed by atoms with Crippen molar-refractivity contribution in [1.82, 2.24) is 15.0 Å². The molecule has 1 aromatic carbocycles. The normalized spacial score (nSPS) is 12.4. The number of benzene rings is 1. The Morgan fingerprint density at radius 1 is 1.29 bits per heavy atom. The molecule has 0 aliphatic carbocycles. The molecule has 0 aliphatic rings. The predicted molar refractivity (Wildman–Crippen MR) is 106 cm³/mol. The molecule has 28 heavy (non-hydrogen) atoms. The third-order valence-corrected chi connectivity index (χ3v) is 4.56. The van der Waals surface area contributed by atoms with Gasteiger partial charge in [-0.2, -0.15) is 4.98 Å². The number of pyridine rings is 1. The number of para-hydroxylation sites is 1. The van der Waals surface area contributed by atoms with Crippen LogP contribution in [0.2, 0.25) is 5.28 Å². The topological polar surface area (TPSA) is 80.2 Å². The molecule has 0 spiro atoms. The van der Waals surface area contributed by atoms with Gasteiger partial charge < -0.3 is 15.2 Å². The zero-order valence-corrected chi connectivity index (χ0v) is 17.0. The van der Waals surface area contributed by atoms with Crippen molar-refractivity contribution in [3.63, 3.8) is 0 Å². The van der Waals surface area contributed by atoms with Crippen molar-refractivity contribution in [1.29, 1.82) is 0 Å². The highest BCUT2D eigenvalue weighted by Crippen LogP contribution is 2.37. The maximum absolute atomic E-state index is 13.4. The quantitative estimate of drug-likeness (QED) is 0.474. The second kappa shape index (κ2) is 8.93. The summed E-state index contributed by atoms with van der Waals surface area (Å²) in [6, 6.07) is 5.83. The summed E-state index contributed by atoms with van der Waals surface area (Å²) in [5.41, 5.74) is 0.655. The summed E-state index contributed by atoms with van der Waals surface area (Å²) in [4.78, 5) is 12.5. The molecule has 2 N–H and O–H groups in total. The van der Waals surface area contributed by atoms with E-state index in [2.05, 4.69) is 36.2 Å². The summed E-state index contributed by atoms with van der Waals surface area (Å²) >= 11 is 9.35. The summed E-state index contributed by atoms with van der Waals surface area (Å²) in [6.45, 7) is 1.40. The van der Waals surface area contributed by atoms with E-state index in [1.807, 2.05) is 0 Å². The number of halogens is 4. The lowest BCUT2D eigenvalue weighted by Crippen LogP contribution is -2.13. The van der Waals surface area contributed by atoms with Crippen LogP contribution >= 0.6 is 27.5 Å². The third kappa shape index (κ3) is 4.48. The van der Waals surface area contributed by atoms with Crippen molar-refractivity contribution < 1.29 is 18.6 Å². The van der Waals surface area contributed by atoms with Crippen LogP contribution in [0, 0.1) is 0 Å². The number of alkyl halides is 2. The van der Waals surface area contributed by atoms with Gasteiger partial charge in [0.15, 0.2) is 5.65 Å². The number of ether oxygens (including phenoxy) is 1. The molecule has 0 saturated heterocycles. The number of aliphatic hydroxyl groups is 1. The highest BCUT2D eigenvalue weighted by Gasteiger charge is 2.22. The van der Waals surface area contributed by atoms with Crippen molar-refractivity contribution in [2.75, 3.05) is 18.5 Å². The van der Waals surface area contributed by atoms with E-state index in [0.717, 1.165) is 4.47 Å². The highest BCUT2D eigenvalue weighted by molar-refractivity contribution is 9.10. The lowest BCUT2D eigenvalue weighted by Gasteiger charge is -2.21. The molecule has 3 rings (SSSR count). The van der Waals surface area contributed by atoms with Gasteiger partial charge in [-0.25, -0.2) is 18.7 Å². The summed E-state index contributed by atoms with van der Waals surface area (Å²) in [7, 11) is 0. The molecule has 0 saturated carbocycles. The lowest BCUT2D eigenvalue weighted by atomic mass is 10.0. The molecule has 0 unspecified atom stereocenters. The zero-order chi connectivity index (χ0) is 20.3. The van der Waals surface area contributed by atoms with Gasteiger partial charge in [-0.05, 0) is 46.6 Å². The van der Waals surface area contributed by atoms with E-state index >= 15 is 0 Å². The van der Waals surface area contributed by atoms with Gasteiger partial charge in [0.2, 0.25) is 5.28 Å². The van der Waals surface area contributed by atoms with Crippen LogP contribution in [0.15, 0.2) is 34.9 Å². The first-order chi connectivity index (χ1) is 13.4. The van der Waals surface area contributed by atoms with Gasteiger partial charge in [-0.3, -0.25) is 0 Å². The van der Waals surface area contributed by atoms with Crippen LogP contribution < -0.4 is 10.1 Å². The van der Waals surface area contributed by atoms with Crippen LogP contribution in [0.4, 0.5) is 14.6 Å². The average molecular weight is 474 g/mol. The van der Waals surface area contributed by atoms with Gasteiger partial charge in [-0.15, -0.1) is 0 Å². The van der Waals surface area contributed by atoms with Gasteiger partial charge in [0.05, 0.1) is 23.6 Å². The van der Waals surface area contributed by atoms with Crippen molar-refractivity contribution in [3.8, 4) is 5.75 Å². The molecule has 2 heterocycles. The largest absolute Gasteiger partial charge is 0.490 e. The molecule has 6 nitrogen and oxygen atoms in total. The zero-order valence-electron chi connectivity index (χ0n) is 14.7. The Morgan fingerprint density at radius 2 is 2.04 bits per heavy atom. The number of hydrogen-bond acceptors (Lipinski definition) is 6. The van der Waals surface area contributed by atoms with E-state index in [1.54, 1.807) is 25.3 Å². The van der Waals surface area contributed by atoms with Crippen molar-refractivity contribution >= 4 is 44.4 Å². The Labute approximate surface area is 173 Å². The lowest BCUT2D eigenvalue weighted by molar-refractivity contribution is 0.140. The van der Waals surface area contributed by atoms with Crippen LogP contribution in [0.3, 0.4) is 0 Å². The minimum absolute atomic E-state index is 0.00936. The Morgan fingerprint density at radius 3 is 2.75 bits per heavy atom. The van der Waals surface area contributed by atoms with Gasteiger partial charge in [-0.1, -0.05) is 12.1 Å². The predicted octanol–water partition coefficient (Wildman–Crippen LogP) is 4.92. The Bertz CT molecular complexity index is 993. The van der Waals surface area contributed by atoms with E-state index in [9.17, 15) is 8.78 Å². The van der Waals surface area contributed by atoms with Crippen LogP contribution in [0.25, 0.3) is 11.0 Å². The van der Waals surface area contributed by atoms with E-state index in [0.29, 0.717) is 22.4 Å². The van der Waals surface area contributed by atoms with Crippen LogP contribution in [0.1, 0.15) is 30.5 Å². The smallest absolute Gasteiger partial charge is 0.267 e. The Balaban J connectivity index is 2.02. The Kier molecular flexibility index (Phi) is 6.58. The minimum Gasteiger partial charge on any atom is -0.490 e. The highest BCUT2D eigenvalue weighted by atomic mass is 79.9. The van der Waals surface area contributed by atoms with E-state index in [-0.39, 0.29) is 29.8 Å². The standard InChI is InChI=1S/C18H16BrClF2N4O2/c1-9(11-3-2-4-12(15(21)22)14(11)28-6-5-27)24-17-13-7-10(19)8-23-16(13)25-18(20)26-17/h2-4,7-9,15,27H,5-6H2,1H3,(H,23,24,25,26)/t9-/m1/s1. The molecule has 3 aromatic rings. The van der Waals surface area contributed by atoms with Gasteiger partial charge in [0.1, 0.15) is 18.2 Å². The van der Waals surface area contributed by atoms with Crippen molar-refractivity contribution in [2.45, 2.75) is 19.4 Å². The molecule has 1 atom stereocenters. The fourth-order valence-electron chi connectivity index (χ4n) is 2.75. The first-order valence-electron chi connectivity index (χ1n) is 8.30. The van der Waals surface area contributed by atoms with E-state index < -0.39 is 12.5 Å². The first-order valence-corrected chi connectivity index (χ1v) is 9.47. The number of rotatable bonds is 7. The molecule has 0 fully saturated rings. The summed E-state index contributed by atoms with van der Waals surface area (Å²) in [5, 5.41) is 12.8. The fourth-order valence-corrected chi connectivity index (χ4v) is 3.25. The minimum atomic E-state index is -2.71. The molecular weight excluding hydrogens is 458 g/mol. The molecule has 0 bridgehead atoms. The van der Waals surface area contributed by atoms with Gasteiger partial charge in [0, 0.05) is 16.2 Å². The maximum atomic E-state index is 13.4. The van der Waals surface area contributed by atoms with Gasteiger partial charge in [0.25, 0.3) is 6.43 Å². The Hall–Kier alpha value is -2.10. The molecule has 0 aliphatic heterocycles. The molecule has 2 aromatic heterocycles. The maximum Gasteiger partial charge on any atom is 0.267 e. The van der Waals surface area contributed by atoms with Crippen LogP contribution in [-0.2, 0) is 0 Å². The molecular formula is C18H16BrClF2N4O2. The van der Waals surface area contributed by atoms with Crippen molar-refractivity contribution in [3.05, 3.63) is 51.3 Å². The SMILES string of the molecule is C[C@@H](Nc1nc(Cl)nc2ncc(Br)cc12)c1cccc(C(F)F)c1OCCO. The third-order valence-electron chi connectivity index (χ3n) is 3.96. The number of hydrogen-bond donors (Lipinski definition) is 2. The molecule has 10 heteroatoms. The average Bonchev–Trinajstić information content (AvgIpc) is 2.66. The van der Waals surface area contributed by atoms with E-state index in [1.165, 1.54) is 12.1 Å². The first kappa shape index (κ1) is 20.6. The number of fused-ring (bicyclic) bond motifs is 1. The summed E-state index contributed by atoms with van der Waals surface area (Å²) in [6.07, 6.45) is -1.12. The van der Waals surface area contributed by atoms with Crippen molar-refractivity contribution in [2.24, 2.45) is 0 Å². The van der Waals surface area contributed by atoms with Gasteiger partial charge >= 0.3 is 0 Å². The molecule has 0 radical (unpaired) electrons.